The van der Waals surface area contributed by atoms with Crippen molar-refractivity contribution in [3.8, 4) is 45.8 Å². The van der Waals surface area contributed by atoms with Gasteiger partial charge >= 0.3 is 0 Å². The molecule has 0 saturated carbocycles. The van der Waals surface area contributed by atoms with E-state index in [1.165, 1.54) is 33.5 Å². The molecule has 3 rings (SSSR count). The van der Waals surface area contributed by atoms with Crippen LogP contribution < -0.4 is 19.6 Å². The van der Waals surface area contributed by atoms with E-state index in [1.54, 1.807) is 0 Å². The van der Waals surface area contributed by atoms with Crippen LogP contribution in [0.25, 0.3) is 22.3 Å². The minimum atomic E-state index is -0.550. The first-order chi connectivity index (χ1) is 12.4. The summed E-state index contributed by atoms with van der Waals surface area (Å²) in [7, 11) is 4.06. The van der Waals surface area contributed by atoms with Crippen molar-refractivity contribution >= 4 is 11.0 Å². The molecule has 0 atom stereocenters. The average Bonchev–Trinajstić information content (AvgIpc) is 2.61. The molecule has 0 fully saturated rings. The van der Waals surface area contributed by atoms with Gasteiger partial charge in [0, 0.05) is 18.2 Å². The lowest BCUT2D eigenvalue weighted by molar-refractivity contribution is 0.334. The van der Waals surface area contributed by atoms with Crippen molar-refractivity contribution in [1.29, 1.82) is 0 Å². The first kappa shape index (κ1) is 17.3. The third-order valence-corrected chi connectivity index (χ3v) is 3.90. The molecular formula is C18H16O8. The Morgan fingerprint density at radius 2 is 1.54 bits per heavy atom. The normalized spacial score (nSPS) is 10.7. The number of benzene rings is 2. The van der Waals surface area contributed by atoms with Gasteiger partial charge in [-0.15, -0.1) is 0 Å². The summed E-state index contributed by atoms with van der Waals surface area (Å²) in [4.78, 5) is 12.5. The van der Waals surface area contributed by atoms with E-state index in [0.717, 1.165) is 12.1 Å². The SMILES string of the molecule is COc1cc(-c2cc(=O)c3c(O)c(OC)c(OC)cc3o2)c(O)cc1O. The van der Waals surface area contributed by atoms with E-state index in [4.69, 9.17) is 18.6 Å². The first-order valence-electron chi connectivity index (χ1n) is 7.43. The van der Waals surface area contributed by atoms with Gasteiger partial charge in [-0.3, -0.25) is 4.79 Å². The van der Waals surface area contributed by atoms with Gasteiger partial charge in [-0.2, -0.15) is 0 Å². The smallest absolute Gasteiger partial charge is 0.204 e. The van der Waals surface area contributed by atoms with Crippen molar-refractivity contribution in [2.24, 2.45) is 0 Å². The monoisotopic (exact) mass is 360 g/mol. The van der Waals surface area contributed by atoms with E-state index in [9.17, 15) is 20.1 Å². The Kier molecular flexibility index (Phi) is 4.25. The van der Waals surface area contributed by atoms with E-state index < -0.39 is 11.2 Å². The highest BCUT2D eigenvalue weighted by Gasteiger charge is 2.21. The van der Waals surface area contributed by atoms with Crippen molar-refractivity contribution in [3.63, 3.8) is 0 Å². The fourth-order valence-electron chi connectivity index (χ4n) is 2.66. The minimum Gasteiger partial charge on any atom is -0.507 e. The largest absolute Gasteiger partial charge is 0.507 e. The maximum absolute atomic E-state index is 12.5. The summed E-state index contributed by atoms with van der Waals surface area (Å²) < 4.78 is 20.9. The second kappa shape index (κ2) is 6.40. The molecule has 26 heavy (non-hydrogen) atoms. The predicted molar refractivity (Wildman–Crippen MR) is 92.6 cm³/mol. The molecule has 2 aromatic carbocycles. The number of phenols is 3. The Morgan fingerprint density at radius 1 is 0.846 bits per heavy atom. The van der Waals surface area contributed by atoms with Gasteiger partial charge in [0.25, 0.3) is 0 Å². The third kappa shape index (κ3) is 2.61. The number of aromatic hydroxyl groups is 3. The van der Waals surface area contributed by atoms with Crippen LogP contribution in [-0.4, -0.2) is 36.6 Å². The summed E-state index contributed by atoms with van der Waals surface area (Å²) in [5, 5.41) is 30.0. The second-order valence-electron chi connectivity index (χ2n) is 5.35. The highest BCUT2D eigenvalue weighted by Crippen LogP contribution is 2.43. The van der Waals surface area contributed by atoms with Crippen molar-refractivity contribution in [1.82, 2.24) is 0 Å². The van der Waals surface area contributed by atoms with Gasteiger partial charge < -0.3 is 33.9 Å². The molecule has 0 aliphatic rings. The van der Waals surface area contributed by atoms with Crippen molar-refractivity contribution in [2.75, 3.05) is 21.3 Å². The zero-order valence-corrected chi connectivity index (χ0v) is 14.2. The molecule has 0 bridgehead atoms. The number of hydrogen-bond acceptors (Lipinski definition) is 8. The quantitative estimate of drug-likeness (QED) is 0.650. The van der Waals surface area contributed by atoms with Crippen LogP contribution in [0.4, 0.5) is 0 Å². The Labute approximate surface area is 147 Å². The molecular weight excluding hydrogens is 344 g/mol. The number of rotatable bonds is 4. The molecule has 8 nitrogen and oxygen atoms in total. The molecule has 0 aliphatic carbocycles. The van der Waals surface area contributed by atoms with E-state index in [-0.39, 0.29) is 51.0 Å². The van der Waals surface area contributed by atoms with Gasteiger partial charge in [-0.25, -0.2) is 0 Å². The highest BCUT2D eigenvalue weighted by atomic mass is 16.5. The molecule has 0 radical (unpaired) electrons. The third-order valence-electron chi connectivity index (χ3n) is 3.90. The molecule has 0 aliphatic heterocycles. The number of hydrogen-bond donors (Lipinski definition) is 3. The second-order valence-corrected chi connectivity index (χ2v) is 5.35. The zero-order valence-electron chi connectivity index (χ0n) is 14.2. The first-order valence-corrected chi connectivity index (χ1v) is 7.43. The lowest BCUT2D eigenvalue weighted by atomic mass is 10.1. The van der Waals surface area contributed by atoms with E-state index in [2.05, 4.69) is 0 Å². The average molecular weight is 360 g/mol. The van der Waals surface area contributed by atoms with Gasteiger partial charge in [0.1, 0.15) is 22.5 Å². The molecule has 1 heterocycles. The van der Waals surface area contributed by atoms with Crippen LogP contribution in [0.15, 0.2) is 33.5 Å². The Balaban J connectivity index is 2.33. The van der Waals surface area contributed by atoms with Crippen molar-refractivity contribution in [2.45, 2.75) is 0 Å². The summed E-state index contributed by atoms with van der Waals surface area (Å²) in [6, 6.07) is 4.91. The van der Waals surface area contributed by atoms with Gasteiger partial charge in [0.15, 0.2) is 28.4 Å². The Bertz CT molecular complexity index is 1050. The molecule has 0 spiro atoms. The predicted octanol–water partition coefficient (Wildman–Crippen LogP) is 2.60. The Hall–Kier alpha value is -3.55. The Morgan fingerprint density at radius 3 is 2.15 bits per heavy atom. The topological polar surface area (TPSA) is 119 Å². The summed E-state index contributed by atoms with van der Waals surface area (Å²) in [6.45, 7) is 0. The molecule has 3 aromatic rings. The molecule has 136 valence electrons. The van der Waals surface area contributed by atoms with Crippen molar-refractivity contribution < 1.29 is 33.9 Å². The van der Waals surface area contributed by atoms with Gasteiger partial charge in [0.2, 0.25) is 5.75 Å². The lowest BCUT2D eigenvalue weighted by Crippen LogP contribution is -2.03. The van der Waals surface area contributed by atoms with E-state index in [1.807, 2.05) is 0 Å². The van der Waals surface area contributed by atoms with Crippen LogP contribution >= 0.6 is 0 Å². The van der Waals surface area contributed by atoms with Gasteiger partial charge in [-0.1, -0.05) is 0 Å². The zero-order chi connectivity index (χ0) is 19.0. The standard InChI is InChI=1S/C18H16O8/c1-23-13-4-8(9(19)5-10(13)20)12-6-11(21)16-14(26-12)7-15(24-2)18(25-3)17(16)22/h4-7,19-20,22H,1-3H3. The summed E-state index contributed by atoms with van der Waals surface area (Å²) in [5.41, 5.74) is -0.381. The molecule has 3 N–H and O–H groups in total. The maximum Gasteiger partial charge on any atom is 0.204 e. The van der Waals surface area contributed by atoms with Crippen LogP contribution in [-0.2, 0) is 0 Å². The van der Waals surface area contributed by atoms with E-state index in [0.29, 0.717) is 0 Å². The highest BCUT2D eigenvalue weighted by molar-refractivity contribution is 5.90. The summed E-state index contributed by atoms with van der Waals surface area (Å²) in [5.74, 6) is -0.689. The number of ether oxygens (including phenoxy) is 3. The fourth-order valence-corrected chi connectivity index (χ4v) is 2.66. The van der Waals surface area contributed by atoms with Crippen LogP contribution in [0.1, 0.15) is 0 Å². The number of methoxy groups -OCH3 is 3. The molecule has 0 amide bonds. The van der Waals surface area contributed by atoms with Gasteiger partial charge in [-0.05, 0) is 6.07 Å². The van der Waals surface area contributed by atoms with Crippen LogP contribution in [0.5, 0.6) is 34.5 Å². The fraction of sp³-hybridized carbons (Fsp3) is 0.167. The van der Waals surface area contributed by atoms with Crippen molar-refractivity contribution in [3.05, 3.63) is 34.5 Å². The van der Waals surface area contributed by atoms with Gasteiger partial charge in [0.05, 0.1) is 26.9 Å². The summed E-state index contributed by atoms with van der Waals surface area (Å²) >= 11 is 0. The molecule has 0 saturated heterocycles. The van der Waals surface area contributed by atoms with Crippen LogP contribution in [0, 0.1) is 0 Å². The molecule has 0 unspecified atom stereocenters. The van der Waals surface area contributed by atoms with E-state index >= 15 is 0 Å². The summed E-state index contributed by atoms with van der Waals surface area (Å²) in [6.07, 6.45) is 0. The maximum atomic E-state index is 12.5. The minimum absolute atomic E-state index is 0.00852. The molecule has 8 heteroatoms. The number of fused-ring (bicyclic) bond motifs is 1. The number of phenolic OH excluding ortho intramolecular Hbond substituents is 3. The van der Waals surface area contributed by atoms with Crippen LogP contribution in [0.3, 0.4) is 0 Å². The van der Waals surface area contributed by atoms with Crippen LogP contribution in [0.2, 0.25) is 0 Å². The molecule has 1 aromatic heterocycles. The lowest BCUT2D eigenvalue weighted by Gasteiger charge is -2.12.